The number of nitrogens with zero attached hydrogens (tertiary/aromatic N) is 3. The molecule has 192 valence electrons. The SMILES string of the molecule is CCOc1ccc(NC(=O)CSc2nc3sc4c(c3c(=O)n2-c2ccccc2)CCN(C(C)C)C4)cc1. The van der Waals surface area contributed by atoms with Gasteiger partial charge in [-0.3, -0.25) is 19.1 Å². The van der Waals surface area contributed by atoms with Crippen molar-refractivity contribution >= 4 is 44.9 Å². The molecule has 5 rings (SSSR count). The summed E-state index contributed by atoms with van der Waals surface area (Å²) in [5.74, 6) is 0.722. The first-order chi connectivity index (χ1) is 17.9. The summed E-state index contributed by atoms with van der Waals surface area (Å²) in [6.45, 7) is 8.69. The average Bonchev–Trinajstić information content (AvgIpc) is 3.27. The van der Waals surface area contributed by atoms with E-state index in [1.807, 2.05) is 61.5 Å². The molecule has 7 nitrogen and oxygen atoms in total. The molecule has 37 heavy (non-hydrogen) atoms. The van der Waals surface area contributed by atoms with Crippen molar-refractivity contribution < 1.29 is 9.53 Å². The second-order valence-electron chi connectivity index (χ2n) is 9.16. The third kappa shape index (κ3) is 5.44. The van der Waals surface area contributed by atoms with Gasteiger partial charge in [0.15, 0.2) is 5.16 Å². The van der Waals surface area contributed by atoms with E-state index in [1.54, 1.807) is 15.9 Å². The van der Waals surface area contributed by atoms with E-state index in [0.29, 0.717) is 23.5 Å². The fraction of sp³-hybridized carbons (Fsp3) is 0.321. The lowest BCUT2D eigenvalue weighted by Gasteiger charge is -2.30. The molecule has 1 N–H and O–H groups in total. The van der Waals surface area contributed by atoms with Crippen LogP contribution in [0.2, 0.25) is 0 Å². The minimum atomic E-state index is -0.166. The third-order valence-electron chi connectivity index (χ3n) is 6.40. The van der Waals surface area contributed by atoms with Crippen LogP contribution in [0.25, 0.3) is 15.9 Å². The van der Waals surface area contributed by atoms with Crippen molar-refractivity contribution in [2.75, 3.05) is 24.2 Å². The molecule has 0 aliphatic carbocycles. The molecule has 0 saturated heterocycles. The normalized spacial score (nSPS) is 13.6. The number of carbonyl (C=O) groups excluding carboxylic acids is 1. The lowest BCUT2D eigenvalue weighted by molar-refractivity contribution is -0.113. The van der Waals surface area contributed by atoms with Crippen LogP contribution in [0, 0.1) is 0 Å². The highest BCUT2D eigenvalue weighted by molar-refractivity contribution is 7.99. The molecule has 3 heterocycles. The second-order valence-corrected chi connectivity index (χ2v) is 11.2. The van der Waals surface area contributed by atoms with Crippen LogP contribution >= 0.6 is 23.1 Å². The van der Waals surface area contributed by atoms with Crippen molar-refractivity contribution in [3.05, 3.63) is 75.4 Å². The summed E-state index contributed by atoms with van der Waals surface area (Å²) in [6.07, 6.45) is 0.843. The van der Waals surface area contributed by atoms with Gasteiger partial charge in [0.1, 0.15) is 10.6 Å². The number of fused-ring (bicyclic) bond motifs is 3. The monoisotopic (exact) mass is 534 g/mol. The van der Waals surface area contributed by atoms with E-state index in [2.05, 4.69) is 24.1 Å². The Hall–Kier alpha value is -3.14. The minimum Gasteiger partial charge on any atom is -0.494 e. The van der Waals surface area contributed by atoms with Crippen LogP contribution in [0.4, 0.5) is 5.69 Å². The molecule has 0 bridgehead atoms. The van der Waals surface area contributed by atoms with E-state index in [0.717, 1.165) is 46.7 Å². The van der Waals surface area contributed by atoms with Gasteiger partial charge in [-0.25, -0.2) is 4.98 Å². The van der Waals surface area contributed by atoms with Gasteiger partial charge in [-0.1, -0.05) is 30.0 Å². The summed E-state index contributed by atoms with van der Waals surface area (Å²) in [7, 11) is 0. The summed E-state index contributed by atoms with van der Waals surface area (Å²) >= 11 is 2.88. The maximum atomic E-state index is 13.9. The summed E-state index contributed by atoms with van der Waals surface area (Å²) in [6, 6.07) is 17.3. The van der Waals surface area contributed by atoms with Crippen LogP contribution in [0.5, 0.6) is 5.75 Å². The number of benzene rings is 2. The smallest absolute Gasteiger partial charge is 0.267 e. The van der Waals surface area contributed by atoms with Gasteiger partial charge >= 0.3 is 0 Å². The summed E-state index contributed by atoms with van der Waals surface area (Å²) in [5, 5.41) is 4.15. The molecular weight excluding hydrogens is 504 g/mol. The molecule has 0 atom stereocenters. The van der Waals surface area contributed by atoms with E-state index in [4.69, 9.17) is 9.72 Å². The number of thioether (sulfide) groups is 1. The van der Waals surface area contributed by atoms with E-state index in [1.165, 1.54) is 16.6 Å². The van der Waals surface area contributed by atoms with Crippen molar-refractivity contribution in [3.63, 3.8) is 0 Å². The largest absolute Gasteiger partial charge is 0.494 e. The number of ether oxygens (including phenoxy) is 1. The predicted octanol–water partition coefficient (Wildman–Crippen LogP) is 5.34. The Morgan fingerprint density at radius 1 is 1.16 bits per heavy atom. The molecule has 1 amide bonds. The molecule has 9 heteroatoms. The highest BCUT2D eigenvalue weighted by atomic mass is 32.2. The number of hydrogen-bond acceptors (Lipinski definition) is 7. The average molecular weight is 535 g/mol. The van der Waals surface area contributed by atoms with Gasteiger partial charge in [0, 0.05) is 29.7 Å². The van der Waals surface area contributed by atoms with Crippen LogP contribution in [0.3, 0.4) is 0 Å². The lowest BCUT2D eigenvalue weighted by Crippen LogP contribution is -2.35. The third-order valence-corrected chi connectivity index (χ3v) is 8.45. The van der Waals surface area contributed by atoms with Crippen LogP contribution < -0.4 is 15.6 Å². The number of para-hydroxylation sites is 1. The summed E-state index contributed by atoms with van der Waals surface area (Å²) < 4.78 is 7.11. The zero-order valence-electron chi connectivity index (χ0n) is 21.2. The molecule has 0 unspecified atom stereocenters. The second kappa shape index (κ2) is 11.1. The molecule has 1 aliphatic rings. The zero-order chi connectivity index (χ0) is 25.9. The maximum absolute atomic E-state index is 13.9. The Balaban J connectivity index is 1.45. The minimum absolute atomic E-state index is 0.0684. The van der Waals surface area contributed by atoms with E-state index in [9.17, 15) is 9.59 Å². The van der Waals surface area contributed by atoms with Gasteiger partial charge in [-0.05, 0) is 69.2 Å². The van der Waals surface area contributed by atoms with E-state index >= 15 is 0 Å². The van der Waals surface area contributed by atoms with Crippen molar-refractivity contribution in [2.45, 2.75) is 44.9 Å². The molecule has 0 fully saturated rings. The Morgan fingerprint density at radius 3 is 2.62 bits per heavy atom. The number of anilines is 1. The van der Waals surface area contributed by atoms with E-state index < -0.39 is 0 Å². The highest BCUT2D eigenvalue weighted by Crippen LogP contribution is 2.34. The first kappa shape index (κ1) is 25.5. The number of hydrogen-bond donors (Lipinski definition) is 1. The molecule has 0 radical (unpaired) electrons. The van der Waals surface area contributed by atoms with Crippen LogP contribution in [0.1, 0.15) is 31.2 Å². The molecule has 2 aromatic carbocycles. The standard InChI is InChI=1S/C28H30N4O3S2/c1-4-35-21-12-10-19(11-13-21)29-24(33)17-36-28-30-26-25(27(34)32(28)20-8-6-5-7-9-20)22-14-15-31(18(2)3)16-23(22)37-26/h5-13,18H,4,14-17H2,1-3H3,(H,29,33). The van der Waals surface area contributed by atoms with Gasteiger partial charge in [-0.2, -0.15) is 0 Å². The topological polar surface area (TPSA) is 76.5 Å². The molecule has 1 aliphatic heterocycles. The fourth-order valence-corrected chi connectivity index (χ4v) is 6.61. The van der Waals surface area contributed by atoms with Crippen molar-refractivity contribution in [1.82, 2.24) is 14.5 Å². The van der Waals surface area contributed by atoms with Gasteiger partial charge in [0.05, 0.1) is 23.4 Å². The number of nitrogens with one attached hydrogen (secondary N) is 1. The molecule has 0 spiro atoms. The number of rotatable bonds is 8. The van der Waals surface area contributed by atoms with Crippen LogP contribution in [-0.2, 0) is 17.8 Å². The fourth-order valence-electron chi connectivity index (χ4n) is 4.51. The number of aromatic nitrogens is 2. The lowest BCUT2D eigenvalue weighted by atomic mass is 10.0. The molecule has 0 saturated carbocycles. The van der Waals surface area contributed by atoms with Crippen LogP contribution in [0.15, 0.2) is 64.5 Å². The first-order valence-corrected chi connectivity index (χ1v) is 14.3. The quantitative estimate of drug-likeness (QED) is 0.243. The number of carbonyl (C=O) groups is 1. The maximum Gasteiger partial charge on any atom is 0.267 e. The van der Waals surface area contributed by atoms with Crippen molar-refractivity contribution in [2.24, 2.45) is 0 Å². The van der Waals surface area contributed by atoms with Crippen LogP contribution in [-0.4, -0.2) is 45.3 Å². The van der Waals surface area contributed by atoms with Crippen molar-refractivity contribution in [3.8, 4) is 11.4 Å². The molecular formula is C28H30N4O3S2. The van der Waals surface area contributed by atoms with E-state index in [-0.39, 0.29) is 17.2 Å². The van der Waals surface area contributed by atoms with Gasteiger partial charge in [-0.15, -0.1) is 11.3 Å². The molecule has 2 aromatic heterocycles. The Morgan fingerprint density at radius 2 is 1.92 bits per heavy atom. The van der Waals surface area contributed by atoms with Gasteiger partial charge in [0.25, 0.3) is 5.56 Å². The predicted molar refractivity (Wildman–Crippen MR) is 151 cm³/mol. The highest BCUT2D eigenvalue weighted by Gasteiger charge is 2.26. The Kier molecular flexibility index (Phi) is 7.64. The van der Waals surface area contributed by atoms with Gasteiger partial charge in [0.2, 0.25) is 5.91 Å². The number of thiophene rings is 1. The first-order valence-electron chi connectivity index (χ1n) is 12.5. The van der Waals surface area contributed by atoms with Gasteiger partial charge < -0.3 is 10.1 Å². The summed E-state index contributed by atoms with van der Waals surface area (Å²) in [4.78, 5) is 36.0. The number of amides is 1. The molecule has 4 aromatic rings. The Bertz CT molecular complexity index is 1460. The van der Waals surface area contributed by atoms with Crippen molar-refractivity contribution in [1.29, 1.82) is 0 Å². The summed E-state index contributed by atoms with van der Waals surface area (Å²) in [5.41, 5.74) is 2.50. The zero-order valence-corrected chi connectivity index (χ0v) is 22.8. The Labute approximate surface area is 224 Å².